The summed E-state index contributed by atoms with van der Waals surface area (Å²) in [7, 11) is 0. The lowest BCUT2D eigenvalue weighted by atomic mass is 10.1. The van der Waals surface area contributed by atoms with Crippen LogP contribution in [0.5, 0.6) is 0 Å². The molecule has 4 nitrogen and oxygen atoms in total. The molecular formula is C9H14O4. The van der Waals surface area contributed by atoms with Crippen LogP contribution in [0.25, 0.3) is 0 Å². The van der Waals surface area contributed by atoms with E-state index in [0.29, 0.717) is 0 Å². The van der Waals surface area contributed by atoms with E-state index >= 15 is 0 Å². The van der Waals surface area contributed by atoms with Gasteiger partial charge < -0.3 is 19.7 Å². The van der Waals surface area contributed by atoms with Crippen molar-refractivity contribution in [1.82, 2.24) is 0 Å². The van der Waals surface area contributed by atoms with E-state index in [0.717, 1.165) is 0 Å². The van der Waals surface area contributed by atoms with Crippen molar-refractivity contribution in [3.63, 3.8) is 0 Å². The minimum atomic E-state index is -0.654. The summed E-state index contributed by atoms with van der Waals surface area (Å²) in [5, 5.41) is 19.1. The molecule has 2 aliphatic heterocycles. The lowest BCUT2D eigenvalue weighted by Gasteiger charge is -2.12. The zero-order valence-electron chi connectivity index (χ0n) is 7.46. The molecule has 0 aromatic rings. The third kappa shape index (κ3) is 1.40. The Morgan fingerprint density at radius 2 is 2.08 bits per heavy atom. The van der Waals surface area contributed by atoms with Crippen molar-refractivity contribution in [2.45, 2.75) is 37.4 Å². The van der Waals surface area contributed by atoms with Crippen molar-refractivity contribution in [2.24, 2.45) is 0 Å². The number of hydrogen-bond acceptors (Lipinski definition) is 4. The van der Waals surface area contributed by atoms with E-state index in [2.05, 4.69) is 0 Å². The fraction of sp³-hybridized carbons (Fsp3) is 0.778. The molecular weight excluding hydrogens is 172 g/mol. The van der Waals surface area contributed by atoms with E-state index in [9.17, 15) is 10.2 Å². The van der Waals surface area contributed by atoms with Gasteiger partial charge in [0, 0.05) is 0 Å². The number of aliphatic hydroxyl groups excluding tert-OH is 2. The van der Waals surface area contributed by atoms with E-state index in [4.69, 9.17) is 9.47 Å². The highest BCUT2D eigenvalue weighted by atomic mass is 16.6. The summed E-state index contributed by atoms with van der Waals surface area (Å²) in [4.78, 5) is 0. The third-order valence-electron chi connectivity index (χ3n) is 2.53. The highest BCUT2D eigenvalue weighted by Crippen LogP contribution is 2.31. The van der Waals surface area contributed by atoms with Crippen LogP contribution in [0.1, 0.15) is 6.92 Å². The first-order valence-corrected chi connectivity index (χ1v) is 4.50. The average molecular weight is 186 g/mol. The van der Waals surface area contributed by atoms with Crippen molar-refractivity contribution >= 4 is 0 Å². The van der Waals surface area contributed by atoms with Crippen LogP contribution in [-0.4, -0.2) is 47.3 Å². The largest absolute Gasteiger partial charge is 0.388 e. The molecule has 2 aliphatic rings. The average Bonchev–Trinajstić information content (AvgIpc) is 2.59. The van der Waals surface area contributed by atoms with Gasteiger partial charge in [-0.2, -0.15) is 0 Å². The van der Waals surface area contributed by atoms with Crippen molar-refractivity contribution in [2.75, 3.05) is 6.61 Å². The molecule has 5 atom stereocenters. The smallest absolute Gasteiger partial charge is 0.115 e. The summed E-state index contributed by atoms with van der Waals surface area (Å²) in [6, 6.07) is 0. The maximum atomic E-state index is 9.70. The Hall–Kier alpha value is -0.420. The lowest BCUT2D eigenvalue weighted by molar-refractivity contribution is -0.0256. The second kappa shape index (κ2) is 3.38. The summed E-state index contributed by atoms with van der Waals surface area (Å²) in [5.41, 5.74) is 0. The van der Waals surface area contributed by atoms with Gasteiger partial charge >= 0.3 is 0 Å². The predicted octanol–water partition coefficient (Wildman–Crippen LogP) is -0.549. The van der Waals surface area contributed by atoms with Crippen molar-refractivity contribution in [3.05, 3.63) is 12.2 Å². The van der Waals surface area contributed by atoms with E-state index in [-0.39, 0.29) is 24.9 Å². The van der Waals surface area contributed by atoms with Crippen LogP contribution in [0, 0.1) is 0 Å². The molecule has 13 heavy (non-hydrogen) atoms. The Balaban J connectivity index is 2.08. The van der Waals surface area contributed by atoms with Gasteiger partial charge in [-0.25, -0.2) is 0 Å². The molecule has 74 valence electrons. The van der Waals surface area contributed by atoms with Crippen LogP contribution in [0.2, 0.25) is 0 Å². The fourth-order valence-electron chi connectivity index (χ4n) is 1.88. The fourth-order valence-corrected chi connectivity index (χ4v) is 1.88. The minimum Gasteiger partial charge on any atom is -0.388 e. The summed E-state index contributed by atoms with van der Waals surface area (Å²) in [5.74, 6) is 0. The quantitative estimate of drug-likeness (QED) is 0.539. The first-order valence-electron chi connectivity index (χ1n) is 4.50. The van der Waals surface area contributed by atoms with E-state index in [1.54, 1.807) is 6.08 Å². The Kier molecular flexibility index (Phi) is 2.38. The van der Waals surface area contributed by atoms with E-state index in [1.807, 2.05) is 13.0 Å². The number of aliphatic hydroxyl groups is 2. The molecule has 0 amide bonds. The Morgan fingerprint density at radius 3 is 2.69 bits per heavy atom. The van der Waals surface area contributed by atoms with Crippen molar-refractivity contribution < 1.29 is 19.7 Å². The number of ether oxygens (including phenoxy) is 2. The SMILES string of the molecule is C/C=C\C1O[C@H]2[C@H](OC[C@@H]2O)[C@@H]1O. The first kappa shape index (κ1) is 9.15. The van der Waals surface area contributed by atoms with Gasteiger partial charge in [-0.3, -0.25) is 0 Å². The second-order valence-electron chi connectivity index (χ2n) is 3.45. The molecule has 0 aromatic heterocycles. The van der Waals surface area contributed by atoms with Gasteiger partial charge in [0.25, 0.3) is 0 Å². The zero-order chi connectivity index (χ0) is 9.42. The minimum absolute atomic E-state index is 0.259. The lowest BCUT2D eigenvalue weighted by Crippen LogP contribution is -2.31. The highest BCUT2D eigenvalue weighted by Gasteiger charge is 2.50. The van der Waals surface area contributed by atoms with Crippen molar-refractivity contribution in [3.8, 4) is 0 Å². The molecule has 1 unspecified atom stereocenters. The van der Waals surface area contributed by atoms with Crippen LogP contribution in [-0.2, 0) is 9.47 Å². The monoisotopic (exact) mass is 186 g/mol. The molecule has 0 spiro atoms. The van der Waals surface area contributed by atoms with Gasteiger partial charge in [-0.15, -0.1) is 0 Å². The maximum absolute atomic E-state index is 9.70. The van der Waals surface area contributed by atoms with Crippen LogP contribution >= 0.6 is 0 Å². The maximum Gasteiger partial charge on any atom is 0.115 e. The molecule has 0 aromatic carbocycles. The molecule has 2 saturated heterocycles. The van der Waals surface area contributed by atoms with Gasteiger partial charge in [0.05, 0.1) is 6.61 Å². The van der Waals surface area contributed by atoms with E-state index in [1.165, 1.54) is 0 Å². The van der Waals surface area contributed by atoms with Crippen LogP contribution in [0.15, 0.2) is 12.2 Å². The molecule has 0 bridgehead atoms. The number of hydrogen-bond donors (Lipinski definition) is 2. The second-order valence-corrected chi connectivity index (χ2v) is 3.45. The van der Waals surface area contributed by atoms with Gasteiger partial charge in [0.2, 0.25) is 0 Å². The van der Waals surface area contributed by atoms with Gasteiger partial charge in [0.1, 0.15) is 30.5 Å². The molecule has 0 radical (unpaired) electrons. The summed E-state index contributed by atoms with van der Waals surface area (Å²) >= 11 is 0. The van der Waals surface area contributed by atoms with Gasteiger partial charge in [-0.1, -0.05) is 12.2 Å². The van der Waals surface area contributed by atoms with Crippen LogP contribution < -0.4 is 0 Å². The van der Waals surface area contributed by atoms with Gasteiger partial charge in [0.15, 0.2) is 0 Å². The number of allylic oxidation sites excluding steroid dienone is 1. The third-order valence-corrected chi connectivity index (χ3v) is 2.53. The number of fused-ring (bicyclic) bond motifs is 1. The Labute approximate surface area is 76.8 Å². The Morgan fingerprint density at radius 1 is 1.31 bits per heavy atom. The molecule has 0 saturated carbocycles. The van der Waals surface area contributed by atoms with E-state index < -0.39 is 12.2 Å². The first-order chi connectivity index (χ1) is 6.24. The Bertz CT molecular complexity index is 216. The predicted molar refractivity (Wildman–Crippen MR) is 45.2 cm³/mol. The van der Waals surface area contributed by atoms with Crippen molar-refractivity contribution in [1.29, 1.82) is 0 Å². The summed E-state index contributed by atoms with van der Waals surface area (Å²) in [6.07, 6.45) is 1.27. The summed E-state index contributed by atoms with van der Waals surface area (Å²) < 4.78 is 10.7. The van der Waals surface area contributed by atoms with Crippen LogP contribution in [0.3, 0.4) is 0 Å². The van der Waals surface area contributed by atoms with Crippen LogP contribution in [0.4, 0.5) is 0 Å². The topological polar surface area (TPSA) is 58.9 Å². The highest BCUT2D eigenvalue weighted by molar-refractivity contribution is 5.05. The molecule has 2 N–H and O–H groups in total. The molecule has 2 heterocycles. The summed E-state index contributed by atoms with van der Waals surface area (Å²) in [6.45, 7) is 2.12. The normalized spacial score (nSPS) is 50.2. The molecule has 4 heteroatoms. The molecule has 0 aliphatic carbocycles. The molecule has 2 fully saturated rings. The zero-order valence-corrected chi connectivity index (χ0v) is 7.46. The standard InChI is InChI=1S/C9H14O4/c1-2-3-6-7(11)9-8(13-6)5(10)4-12-9/h2-3,5-11H,4H2,1H3/b3-2-/t5-,6?,7+,8+,9+/m0/s1. The number of rotatable bonds is 1. The van der Waals surface area contributed by atoms with Gasteiger partial charge in [-0.05, 0) is 6.92 Å². The molecule has 2 rings (SSSR count).